The topological polar surface area (TPSA) is 26.3 Å². The quantitative estimate of drug-likeness (QED) is 0.529. The largest absolute Gasteiger partial charge is 0.466 e. The zero-order valence-electron chi connectivity index (χ0n) is 8.70. The first-order chi connectivity index (χ1) is 6.63. The van der Waals surface area contributed by atoms with Crippen LogP contribution in [0.2, 0.25) is 0 Å². The smallest absolute Gasteiger partial charge is 0.333 e. The molecule has 0 bridgehead atoms. The molecule has 0 spiro atoms. The molecule has 0 saturated carbocycles. The maximum atomic E-state index is 11.1. The lowest BCUT2D eigenvalue weighted by molar-refractivity contribution is -0.135. The number of ether oxygens (including phenoxy) is 1. The minimum Gasteiger partial charge on any atom is -0.466 e. The van der Waals surface area contributed by atoms with Gasteiger partial charge in [-0.15, -0.1) is 0 Å². The van der Waals surface area contributed by atoms with Gasteiger partial charge >= 0.3 is 5.97 Å². The van der Waals surface area contributed by atoms with E-state index >= 15 is 0 Å². The van der Waals surface area contributed by atoms with E-state index in [1.165, 1.54) is 12.7 Å². The second-order valence-electron chi connectivity index (χ2n) is 3.23. The maximum Gasteiger partial charge on any atom is 0.333 e. The van der Waals surface area contributed by atoms with Crippen LogP contribution in [0.25, 0.3) is 6.08 Å². The average molecular weight is 190 g/mol. The van der Waals surface area contributed by atoms with Crippen molar-refractivity contribution in [3.05, 3.63) is 41.0 Å². The number of benzene rings is 1. The van der Waals surface area contributed by atoms with Gasteiger partial charge in [0.25, 0.3) is 0 Å². The fraction of sp³-hybridized carbons (Fsp3) is 0.250. The van der Waals surface area contributed by atoms with Gasteiger partial charge in [0.05, 0.1) is 7.11 Å². The van der Waals surface area contributed by atoms with E-state index in [1.807, 2.05) is 37.3 Å². The maximum absolute atomic E-state index is 11.1. The van der Waals surface area contributed by atoms with Crippen LogP contribution in [0.15, 0.2) is 29.8 Å². The molecule has 0 aliphatic heterocycles. The number of carbonyl (C=O) groups is 1. The summed E-state index contributed by atoms with van der Waals surface area (Å²) in [5.74, 6) is -0.287. The number of carbonyl (C=O) groups excluding carboxylic acids is 1. The van der Waals surface area contributed by atoms with Crippen molar-refractivity contribution in [3.8, 4) is 0 Å². The zero-order valence-corrected chi connectivity index (χ0v) is 8.70. The zero-order chi connectivity index (χ0) is 10.6. The Balaban J connectivity index is 2.86. The van der Waals surface area contributed by atoms with Crippen LogP contribution in [0.3, 0.4) is 0 Å². The molecule has 0 heterocycles. The standard InChI is InChI=1S/C12H14O2/c1-9-4-6-11(7-5-9)8-10(2)12(13)14-3/h4-8H,1-3H3/b10-8+. The second-order valence-corrected chi connectivity index (χ2v) is 3.23. The van der Waals surface area contributed by atoms with Crippen molar-refractivity contribution in [2.24, 2.45) is 0 Å². The van der Waals surface area contributed by atoms with Crippen molar-refractivity contribution >= 4 is 12.0 Å². The predicted molar refractivity (Wildman–Crippen MR) is 56.8 cm³/mol. The van der Waals surface area contributed by atoms with Gasteiger partial charge in [-0.25, -0.2) is 4.79 Å². The number of aryl methyl sites for hydroxylation is 1. The van der Waals surface area contributed by atoms with E-state index in [1.54, 1.807) is 6.92 Å². The minimum absolute atomic E-state index is 0.287. The van der Waals surface area contributed by atoms with E-state index in [0.717, 1.165) is 5.56 Å². The number of rotatable bonds is 2. The van der Waals surface area contributed by atoms with Crippen molar-refractivity contribution in [1.82, 2.24) is 0 Å². The monoisotopic (exact) mass is 190 g/mol. The minimum atomic E-state index is -0.287. The normalized spacial score (nSPS) is 11.2. The molecule has 74 valence electrons. The number of esters is 1. The van der Waals surface area contributed by atoms with E-state index in [2.05, 4.69) is 4.74 Å². The Kier molecular flexibility index (Phi) is 3.46. The van der Waals surface area contributed by atoms with Gasteiger partial charge < -0.3 is 4.74 Å². The summed E-state index contributed by atoms with van der Waals surface area (Å²) in [6.07, 6.45) is 1.81. The average Bonchev–Trinajstić information content (AvgIpc) is 2.20. The Hall–Kier alpha value is -1.57. The van der Waals surface area contributed by atoms with Crippen LogP contribution >= 0.6 is 0 Å². The molecule has 2 heteroatoms. The summed E-state index contributed by atoms with van der Waals surface area (Å²) in [7, 11) is 1.38. The summed E-state index contributed by atoms with van der Waals surface area (Å²) >= 11 is 0. The fourth-order valence-electron chi connectivity index (χ4n) is 1.13. The van der Waals surface area contributed by atoms with Crippen LogP contribution in [0, 0.1) is 6.92 Å². The summed E-state index contributed by atoms with van der Waals surface area (Å²) in [6.45, 7) is 3.77. The van der Waals surface area contributed by atoms with E-state index < -0.39 is 0 Å². The van der Waals surface area contributed by atoms with Crippen molar-refractivity contribution in [1.29, 1.82) is 0 Å². The van der Waals surface area contributed by atoms with E-state index in [9.17, 15) is 4.79 Å². The van der Waals surface area contributed by atoms with Crippen LogP contribution in [0.1, 0.15) is 18.1 Å². The third-order valence-electron chi connectivity index (χ3n) is 1.97. The first kappa shape index (κ1) is 10.5. The predicted octanol–water partition coefficient (Wildman–Crippen LogP) is 2.57. The highest BCUT2D eigenvalue weighted by atomic mass is 16.5. The molecule has 0 aromatic heterocycles. The highest BCUT2D eigenvalue weighted by molar-refractivity contribution is 5.92. The molecule has 0 atom stereocenters. The Labute approximate surface area is 84.2 Å². The van der Waals surface area contributed by atoms with Crippen molar-refractivity contribution < 1.29 is 9.53 Å². The molecule has 0 radical (unpaired) electrons. The summed E-state index contributed by atoms with van der Waals surface area (Å²) in [4.78, 5) is 11.1. The summed E-state index contributed by atoms with van der Waals surface area (Å²) in [5.41, 5.74) is 2.83. The molecule has 1 rings (SSSR count). The van der Waals surface area contributed by atoms with E-state index in [4.69, 9.17) is 0 Å². The van der Waals surface area contributed by atoms with Gasteiger partial charge in [0.15, 0.2) is 0 Å². The van der Waals surface area contributed by atoms with Gasteiger partial charge in [-0.1, -0.05) is 29.8 Å². The molecule has 1 aromatic rings. The molecule has 0 fully saturated rings. The Morgan fingerprint density at radius 2 is 1.86 bits per heavy atom. The highest BCUT2D eigenvalue weighted by Crippen LogP contribution is 2.08. The Morgan fingerprint density at radius 1 is 1.29 bits per heavy atom. The van der Waals surface area contributed by atoms with Crippen LogP contribution in [-0.2, 0) is 9.53 Å². The van der Waals surface area contributed by atoms with E-state index in [0.29, 0.717) is 5.57 Å². The van der Waals surface area contributed by atoms with Crippen LogP contribution < -0.4 is 0 Å². The lowest BCUT2D eigenvalue weighted by Gasteiger charge is -1.99. The molecule has 0 N–H and O–H groups in total. The van der Waals surface area contributed by atoms with Gasteiger partial charge in [-0.3, -0.25) is 0 Å². The SMILES string of the molecule is COC(=O)/C(C)=C/c1ccc(C)cc1. The molecule has 0 amide bonds. The molecule has 14 heavy (non-hydrogen) atoms. The Bertz CT molecular complexity index is 347. The first-order valence-corrected chi connectivity index (χ1v) is 4.47. The molecule has 0 unspecified atom stereocenters. The molecule has 0 saturated heterocycles. The molecular formula is C12H14O2. The van der Waals surface area contributed by atoms with Gasteiger partial charge in [-0.2, -0.15) is 0 Å². The first-order valence-electron chi connectivity index (χ1n) is 4.47. The summed E-state index contributed by atoms with van der Waals surface area (Å²) in [5, 5.41) is 0. The van der Waals surface area contributed by atoms with Gasteiger partial charge in [-0.05, 0) is 25.5 Å². The molecule has 0 aliphatic rings. The third-order valence-corrected chi connectivity index (χ3v) is 1.97. The lowest BCUT2D eigenvalue weighted by Crippen LogP contribution is -2.00. The van der Waals surface area contributed by atoms with Gasteiger partial charge in [0.2, 0.25) is 0 Å². The number of methoxy groups -OCH3 is 1. The third kappa shape index (κ3) is 2.73. The van der Waals surface area contributed by atoms with Crippen molar-refractivity contribution in [3.63, 3.8) is 0 Å². The van der Waals surface area contributed by atoms with E-state index in [-0.39, 0.29) is 5.97 Å². The second kappa shape index (κ2) is 4.61. The Morgan fingerprint density at radius 3 is 2.36 bits per heavy atom. The van der Waals surface area contributed by atoms with Crippen LogP contribution in [-0.4, -0.2) is 13.1 Å². The lowest BCUT2D eigenvalue weighted by atomic mass is 10.1. The van der Waals surface area contributed by atoms with Crippen LogP contribution in [0.5, 0.6) is 0 Å². The van der Waals surface area contributed by atoms with Crippen molar-refractivity contribution in [2.75, 3.05) is 7.11 Å². The summed E-state index contributed by atoms with van der Waals surface area (Å²) in [6, 6.07) is 7.97. The number of hydrogen-bond donors (Lipinski definition) is 0. The molecular weight excluding hydrogens is 176 g/mol. The van der Waals surface area contributed by atoms with Gasteiger partial charge in [0, 0.05) is 5.57 Å². The fourth-order valence-corrected chi connectivity index (χ4v) is 1.13. The van der Waals surface area contributed by atoms with Crippen molar-refractivity contribution in [2.45, 2.75) is 13.8 Å². The summed E-state index contributed by atoms with van der Waals surface area (Å²) < 4.78 is 4.60. The molecule has 2 nitrogen and oxygen atoms in total. The molecule has 1 aromatic carbocycles. The molecule has 0 aliphatic carbocycles. The van der Waals surface area contributed by atoms with Gasteiger partial charge in [0.1, 0.15) is 0 Å². The van der Waals surface area contributed by atoms with Crippen LogP contribution in [0.4, 0.5) is 0 Å². The highest BCUT2D eigenvalue weighted by Gasteiger charge is 2.01. The number of hydrogen-bond acceptors (Lipinski definition) is 2.